The van der Waals surface area contributed by atoms with Crippen LogP contribution in [0.1, 0.15) is 33.3 Å². The van der Waals surface area contributed by atoms with Crippen molar-refractivity contribution in [3.05, 3.63) is 29.8 Å². The number of nitriles is 1. The van der Waals surface area contributed by atoms with Crippen LogP contribution in [0.4, 0.5) is 0 Å². The maximum Gasteiger partial charge on any atom is 0.258 e. The zero-order valence-electron chi connectivity index (χ0n) is 15.4. The number of hydrogen-bond donors (Lipinski definition) is 1. The van der Waals surface area contributed by atoms with Crippen LogP contribution >= 0.6 is 0 Å². The van der Waals surface area contributed by atoms with Gasteiger partial charge in [-0.15, -0.1) is 0 Å². The van der Waals surface area contributed by atoms with Crippen molar-refractivity contribution in [3.63, 3.8) is 0 Å². The summed E-state index contributed by atoms with van der Waals surface area (Å²) in [5.41, 5.74) is 0.249. The standard InChI is InChI=1S/C19H27N3O3/c1-14-10-22(11-15(2)25-14)19(3,4)13-21-18(23)12-24-17-8-6-5-7-16(17)9-20/h5-8,14-15H,10-13H2,1-4H3,(H,21,23)/t14-,15+. The van der Waals surface area contributed by atoms with E-state index in [1.54, 1.807) is 24.3 Å². The van der Waals surface area contributed by atoms with E-state index in [0.29, 0.717) is 17.9 Å². The van der Waals surface area contributed by atoms with Gasteiger partial charge in [0.1, 0.15) is 11.8 Å². The molecule has 0 bridgehead atoms. The van der Waals surface area contributed by atoms with Crippen molar-refractivity contribution in [3.8, 4) is 11.8 Å². The van der Waals surface area contributed by atoms with Gasteiger partial charge in [-0.2, -0.15) is 5.26 Å². The van der Waals surface area contributed by atoms with E-state index in [-0.39, 0.29) is 30.3 Å². The molecule has 1 saturated heterocycles. The predicted molar refractivity (Wildman–Crippen MR) is 95.3 cm³/mol. The monoisotopic (exact) mass is 345 g/mol. The van der Waals surface area contributed by atoms with Crippen molar-refractivity contribution >= 4 is 5.91 Å². The summed E-state index contributed by atoms with van der Waals surface area (Å²) in [4.78, 5) is 14.5. The highest BCUT2D eigenvalue weighted by Crippen LogP contribution is 2.21. The SMILES string of the molecule is C[C@@H]1CN(C(C)(C)CNC(=O)COc2ccccc2C#N)C[C@H](C)O1. The van der Waals surface area contributed by atoms with Crippen molar-refractivity contribution < 1.29 is 14.3 Å². The van der Waals surface area contributed by atoms with Gasteiger partial charge in [0, 0.05) is 25.2 Å². The Labute approximate surface area is 149 Å². The fourth-order valence-electron chi connectivity index (χ4n) is 2.98. The van der Waals surface area contributed by atoms with Crippen molar-refractivity contribution in [2.45, 2.75) is 45.4 Å². The first-order valence-corrected chi connectivity index (χ1v) is 8.61. The van der Waals surface area contributed by atoms with Gasteiger partial charge < -0.3 is 14.8 Å². The minimum atomic E-state index is -0.199. The minimum Gasteiger partial charge on any atom is -0.482 e. The highest BCUT2D eigenvalue weighted by molar-refractivity contribution is 5.77. The van der Waals surface area contributed by atoms with Crippen LogP contribution in [0.5, 0.6) is 5.75 Å². The Kier molecular flexibility index (Phi) is 6.40. The molecule has 0 radical (unpaired) electrons. The molecule has 25 heavy (non-hydrogen) atoms. The lowest BCUT2D eigenvalue weighted by Crippen LogP contribution is -2.58. The predicted octanol–water partition coefficient (Wildman–Crippen LogP) is 1.94. The maximum atomic E-state index is 12.1. The molecule has 1 aliphatic heterocycles. The number of carbonyl (C=O) groups is 1. The normalized spacial score (nSPS) is 21.4. The second-order valence-electron chi connectivity index (χ2n) is 7.15. The van der Waals surface area contributed by atoms with Gasteiger partial charge in [-0.05, 0) is 39.8 Å². The van der Waals surface area contributed by atoms with Crippen molar-refractivity contribution in [1.82, 2.24) is 10.2 Å². The topological polar surface area (TPSA) is 74.6 Å². The first-order chi connectivity index (χ1) is 11.8. The lowest BCUT2D eigenvalue weighted by molar-refractivity contribution is -0.124. The summed E-state index contributed by atoms with van der Waals surface area (Å²) in [5.74, 6) is 0.227. The highest BCUT2D eigenvalue weighted by atomic mass is 16.5. The van der Waals surface area contributed by atoms with Crippen LogP contribution in [0.15, 0.2) is 24.3 Å². The highest BCUT2D eigenvalue weighted by Gasteiger charge is 2.33. The molecule has 0 unspecified atom stereocenters. The third kappa shape index (κ3) is 5.45. The summed E-state index contributed by atoms with van der Waals surface area (Å²) in [6.45, 7) is 10.5. The summed E-state index contributed by atoms with van der Waals surface area (Å²) in [5, 5.41) is 12.0. The molecule has 2 atom stereocenters. The van der Waals surface area contributed by atoms with Gasteiger partial charge in [0.05, 0.1) is 17.8 Å². The average molecular weight is 345 g/mol. The van der Waals surface area contributed by atoms with E-state index in [2.05, 4.69) is 44.0 Å². The van der Waals surface area contributed by atoms with Crippen molar-refractivity contribution in [2.24, 2.45) is 0 Å². The molecule has 1 aromatic rings. The number of rotatable bonds is 6. The fraction of sp³-hybridized carbons (Fsp3) is 0.579. The van der Waals surface area contributed by atoms with Gasteiger partial charge in [-0.1, -0.05) is 12.1 Å². The summed E-state index contributed by atoms with van der Waals surface area (Å²) >= 11 is 0. The van der Waals surface area contributed by atoms with E-state index in [0.717, 1.165) is 13.1 Å². The minimum absolute atomic E-state index is 0.106. The van der Waals surface area contributed by atoms with Gasteiger partial charge in [0.2, 0.25) is 0 Å². The lowest BCUT2D eigenvalue weighted by Gasteiger charge is -2.45. The van der Waals surface area contributed by atoms with Gasteiger partial charge >= 0.3 is 0 Å². The number of morpholine rings is 1. The summed E-state index contributed by atoms with van der Waals surface area (Å²) < 4.78 is 11.2. The number of benzene rings is 1. The number of hydrogen-bond acceptors (Lipinski definition) is 5. The van der Waals surface area contributed by atoms with E-state index in [1.807, 2.05) is 0 Å². The van der Waals surface area contributed by atoms with Crippen LogP contribution < -0.4 is 10.1 Å². The molecule has 6 heteroatoms. The Morgan fingerprint density at radius 3 is 2.64 bits per heavy atom. The molecule has 1 N–H and O–H groups in total. The number of nitrogens with zero attached hydrogens (tertiary/aromatic N) is 2. The molecule has 6 nitrogen and oxygen atoms in total. The molecular weight excluding hydrogens is 318 g/mol. The van der Waals surface area contributed by atoms with Crippen LogP contribution in [0.25, 0.3) is 0 Å². The number of nitrogens with one attached hydrogen (secondary N) is 1. The largest absolute Gasteiger partial charge is 0.482 e. The average Bonchev–Trinajstić information content (AvgIpc) is 2.57. The molecular formula is C19H27N3O3. The third-order valence-electron chi connectivity index (χ3n) is 4.36. The Balaban J connectivity index is 1.83. The first kappa shape index (κ1) is 19.2. The van der Waals surface area contributed by atoms with Crippen LogP contribution in [0, 0.1) is 11.3 Å². The summed E-state index contributed by atoms with van der Waals surface area (Å²) in [7, 11) is 0. The van der Waals surface area contributed by atoms with Crippen molar-refractivity contribution in [2.75, 3.05) is 26.2 Å². The van der Waals surface area contributed by atoms with E-state index in [4.69, 9.17) is 14.7 Å². The second-order valence-corrected chi connectivity index (χ2v) is 7.15. The van der Waals surface area contributed by atoms with Gasteiger partial charge in [-0.3, -0.25) is 9.69 Å². The zero-order valence-corrected chi connectivity index (χ0v) is 15.4. The van der Waals surface area contributed by atoms with E-state index in [9.17, 15) is 4.79 Å². The molecule has 2 rings (SSSR count). The summed E-state index contributed by atoms with van der Waals surface area (Å²) in [6.07, 6.45) is 0.370. The quantitative estimate of drug-likeness (QED) is 0.853. The number of carbonyl (C=O) groups excluding carboxylic acids is 1. The van der Waals surface area contributed by atoms with E-state index < -0.39 is 0 Å². The van der Waals surface area contributed by atoms with Gasteiger partial charge in [0.15, 0.2) is 6.61 Å². The zero-order chi connectivity index (χ0) is 18.4. The van der Waals surface area contributed by atoms with Crippen LogP contribution in [0.2, 0.25) is 0 Å². The lowest BCUT2D eigenvalue weighted by atomic mass is 10.00. The summed E-state index contributed by atoms with van der Waals surface area (Å²) in [6, 6.07) is 8.94. The molecule has 1 amide bonds. The molecule has 0 spiro atoms. The van der Waals surface area contributed by atoms with Crippen LogP contribution in [-0.2, 0) is 9.53 Å². The fourth-order valence-corrected chi connectivity index (χ4v) is 2.98. The Morgan fingerprint density at radius 2 is 2.00 bits per heavy atom. The molecule has 136 valence electrons. The van der Waals surface area contributed by atoms with Gasteiger partial charge in [0.25, 0.3) is 5.91 Å². The molecule has 0 aliphatic carbocycles. The molecule has 1 aliphatic rings. The Bertz CT molecular complexity index is 629. The van der Waals surface area contributed by atoms with Gasteiger partial charge in [-0.25, -0.2) is 0 Å². The Hall–Kier alpha value is -2.10. The molecule has 1 aromatic carbocycles. The maximum absolute atomic E-state index is 12.1. The van der Waals surface area contributed by atoms with E-state index >= 15 is 0 Å². The molecule has 0 saturated carbocycles. The second kappa shape index (κ2) is 8.32. The molecule has 1 fully saturated rings. The number of ether oxygens (including phenoxy) is 2. The number of amides is 1. The molecule has 1 heterocycles. The first-order valence-electron chi connectivity index (χ1n) is 8.61. The van der Waals surface area contributed by atoms with E-state index in [1.165, 1.54) is 0 Å². The number of para-hydroxylation sites is 1. The van der Waals surface area contributed by atoms with Crippen LogP contribution in [0.3, 0.4) is 0 Å². The molecule has 0 aromatic heterocycles. The van der Waals surface area contributed by atoms with Crippen molar-refractivity contribution in [1.29, 1.82) is 5.26 Å². The smallest absolute Gasteiger partial charge is 0.258 e. The van der Waals surface area contributed by atoms with Crippen LogP contribution in [-0.4, -0.2) is 54.8 Å². The third-order valence-corrected chi connectivity index (χ3v) is 4.36. The Morgan fingerprint density at radius 1 is 1.36 bits per heavy atom.